The molecule has 158 valence electrons. The SMILES string of the molecule is C[C@@H](CCC(=O)[O-])[C@H]1CC[C@H]2[C@H]3CC[C@H]4[C@@H](Br)C(=O)CC[C@]4(C)[C@@H]3CC[C@]12C. The number of carbonyl (C=O) groups excluding carboxylic acids is 2. The van der Waals surface area contributed by atoms with E-state index in [4.69, 9.17) is 0 Å². The number of rotatable bonds is 4. The number of ketones is 1. The van der Waals surface area contributed by atoms with Crippen LogP contribution in [0, 0.1) is 46.3 Å². The molecule has 0 heterocycles. The van der Waals surface area contributed by atoms with Gasteiger partial charge >= 0.3 is 0 Å². The molecule has 28 heavy (non-hydrogen) atoms. The Labute approximate surface area is 178 Å². The Morgan fingerprint density at radius 1 is 1.07 bits per heavy atom. The van der Waals surface area contributed by atoms with E-state index in [9.17, 15) is 14.7 Å². The highest BCUT2D eigenvalue weighted by molar-refractivity contribution is 9.10. The molecule has 0 aromatic carbocycles. The summed E-state index contributed by atoms with van der Waals surface area (Å²) in [5, 5.41) is 10.9. The standard InChI is InChI=1S/C24H37BrO3/c1-14(4-9-21(27)28)16-7-8-17-15-5-6-19-22(25)20(26)11-13-24(19,3)18(15)10-12-23(16,17)2/h14-19,22H,4-13H2,1-3H3,(H,27,28)/p-1/t14-,15+,16+,17-,18+,19-,22+,23+,24+/m0/s1. The first-order valence-electron chi connectivity index (χ1n) is 11.5. The van der Waals surface area contributed by atoms with Crippen LogP contribution in [-0.2, 0) is 9.59 Å². The zero-order valence-corrected chi connectivity index (χ0v) is 19.3. The lowest BCUT2D eigenvalue weighted by Gasteiger charge is -2.61. The molecule has 3 nitrogen and oxygen atoms in total. The molecular weight excluding hydrogens is 416 g/mol. The summed E-state index contributed by atoms with van der Waals surface area (Å²) in [4.78, 5) is 23.3. The van der Waals surface area contributed by atoms with Gasteiger partial charge in [0.2, 0.25) is 0 Å². The predicted octanol–water partition coefficient (Wildman–Crippen LogP) is 4.75. The van der Waals surface area contributed by atoms with Gasteiger partial charge in [0.25, 0.3) is 0 Å². The topological polar surface area (TPSA) is 57.2 Å². The van der Waals surface area contributed by atoms with E-state index in [2.05, 4.69) is 36.7 Å². The highest BCUT2D eigenvalue weighted by atomic mass is 79.9. The van der Waals surface area contributed by atoms with Crippen LogP contribution < -0.4 is 5.11 Å². The van der Waals surface area contributed by atoms with E-state index in [1.807, 2.05) is 0 Å². The Kier molecular flexibility index (Phi) is 5.51. The van der Waals surface area contributed by atoms with E-state index >= 15 is 0 Å². The maximum Gasteiger partial charge on any atom is 0.146 e. The van der Waals surface area contributed by atoms with E-state index in [1.165, 1.54) is 38.5 Å². The van der Waals surface area contributed by atoms with Crippen molar-refractivity contribution in [2.45, 2.75) is 89.8 Å². The van der Waals surface area contributed by atoms with Crippen molar-refractivity contribution in [3.05, 3.63) is 0 Å². The Bertz CT molecular complexity index is 648. The van der Waals surface area contributed by atoms with E-state index in [1.54, 1.807) is 0 Å². The number of alkyl halides is 1. The van der Waals surface area contributed by atoms with E-state index in [0.29, 0.717) is 34.4 Å². The number of carboxylic acids is 1. The second-order valence-corrected chi connectivity index (χ2v) is 12.0. The van der Waals surface area contributed by atoms with Gasteiger partial charge in [-0.1, -0.05) is 36.7 Å². The van der Waals surface area contributed by atoms with Gasteiger partial charge in [-0.15, -0.1) is 0 Å². The summed E-state index contributed by atoms with van der Waals surface area (Å²) < 4.78 is 0. The average molecular weight is 452 g/mol. The highest BCUT2D eigenvalue weighted by Gasteiger charge is 2.61. The van der Waals surface area contributed by atoms with Gasteiger partial charge in [0.05, 0.1) is 4.83 Å². The van der Waals surface area contributed by atoms with Gasteiger partial charge in [0, 0.05) is 12.4 Å². The molecule has 0 radical (unpaired) electrons. The number of hydrogen-bond acceptors (Lipinski definition) is 3. The summed E-state index contributed by atoms with van der Waals surface area (Å²) in [6.45, 7) is 7.29. The molecule has 4 saturated carbocycles. The van der Waals surface area contributed by atoms with E-state index < -0.39 is 5.97 Å². The van der Waals surface area contributed by atoms with Crippen LogP contribution in [0.4, 0.5) is 0 Å². The zero-order valence-electron chi connectivity index (χ0n) is 17.7. The summed E-state index contributed by atoms with van der Waals surface area (Å²) in [6.07, 6.45) is 10.4. The Morgan fingerprint density at radius 2 is 1.75 bits per heavy atom. The van der Waals surface area contributed by atoms with Crippen molar-refractivity contribution < 1.29 is 14.7 Å². The quantitative estimate of drug-likeness (QED) is 0.579. The van der Waals surface area contributed by atoms with Gasteiger partial charge < -0.3 is 9.90 Å². The Balaban J connectivity index is 1.53. The minimum atomic E-state index is -0.905. The second-order valence-electron chi connectivity index (χ2n) is 11.1. The van der Waals surface area contributed by atoms with E-state index in [-0.39, 0.29) is 11.2 Å². The van der Waals surface area contributed by atoms with Crippen molar-refractivity contribution in [1.29, 1.82) is 0 Å². The van der Waals surface area contributed by atoms with Crippen LogP contribution in [0.2, 0.25) is 0 Å². The van der Waals surface area contributed by atoms with Crippen LogP contribution in [0.15, 0.2) is 0 Å². The molecule has 4 aliphatic rings. The van der Waals surface area contributed by atoms with Crippen molar-refractivity contribution >= 4 is 27.7 Å². The van der Waals surface area contributed by atoms with Crippen LogP contribution in [0.3, 0.4) is 0 Å². The van der Waals surface area contributed by atoms with Crippen molar-refractivity contribution in [3.63, 3.8) is 0 Å². The smallest absolute Gasteiger partial charge is 0.146 e. The number of carboxylic acid groups (broad SMARTS) is 1. The molecule has 0 unspecified atom stereocenters. The average Bonchev–Trinajstić information content (AvgIpc) is 3.00. The summed E-state index contributed by atoms with van der Waals surface area (Å²) in [7, 11) is 0. The molecule has 0 aromatic heterocycles. The van der Waals surface area contributed by atoms with Gasteiger partial charge in [-0.3, -0.25) is 4.79 Å². The van der Waals surface area contributed by atoms with Crippen LogP contribution >= 0.6 is 15.9 Å². The lowest BCUT2D eigenvalue weighted by atomic mass is 9.44. The Morgan fingerprint density at radius 3 is 2.46 bits per heavy atom. The second kappa shape index (κ2) is 7.39. The molecule has 9 atom stereocenters. The number of fused-ring (bicyclic) bond motifs is 5. The monoisotopic (exact) mass is 451 g/mol. The number of aliphatic carboxylic acids is 1. The molecule has 0 aromatic rings. The van der Waals surface area contributed by atoms with Gasteiger partial charge in [-0.05, 0) is 104 Å². The molecule has 0 aliphatic heterocycles. The van der Waals surface area contributed by atoms with Crippen LogP contribution in [0.25, 0.3) is 0 Å². The zero-order chi connectivity index (χ0) is 20.3. The van der Waals surface area contributed by atoms with Crippen molar-refractivity contribution in [2.24, 2.45) is 46.3 Å². The summed E-state index contributed by atoms with van der Waals surface area (Å²) >= 11 is 3.77. The van der Waals surface area contributed by atoms with Crippen molar-refractivity contribution in [1.82, 2.24) is 0 Å². The van der Waals surface area contributed by atoms with Gasteiger partial charge in [-0.25, -0.2) is 0 Å². The minimum Gasteiger partial charge on any atom is -0.550 e. The molecular formula is C24H36BrO3-. The lowest BCUT2D eigenvalue weighted by molar-refractivity contribution is -0.306. The minimum absolute atomic E-state index is 0.0708. The first-order valence-corrected chi connectivity index (χ1v) is 12.5. The Hall–Kier alpha value is -0.380. The largest absolute Gasteiger partial charge is 0.550 e. The molecule has 4 aliphatic carbocycles. The first kappa shape index (κ1) is 20.9. The highest BCUT2D eigenvalue weighted by Crippen LogP contribution is 2.68. The van der Waals surface area contributed by atoms with Crippen LogP contribution in [0.1, 0.15) is 85.0 Å². The third-order valence-electron chi connectivity index (χ3n) is 10.1. The molecule has 0 bridgehead atoms. The van der Waals surface area contributed by atoms with Crippen LogP contribution in [0.5, 0.6) is 0 Å². The number of hydrogen-bond donors (Lipinski definition) is 0. The molecule has 4 fully saturated rings. The molecule has 4 rings (SSSR count). The molecule has 0 saturated heterocycles. The van der Waals surface area contributed by atoms with Gasteiger partial charge in [-0.2, -0.15) is 0 Å². The predicted molar refractivity (Wildman–Crippen MR) is 112 cm³/mol. The number of carbonyl (C=O) groups is 2. The lowest BCUT2D eigenvalue weighted by Crippen LogP contribution is -2.56. The third-order valence-corrected chi connectivity index (χ3v) is 11.2. The van der Waals surface area contributed by atoms with E-state index in [0.717, 1.165) is 37.0 Å². The normalized spacial score (nSPS) is 49.1. The fourth-order valence-electron chi connectivity index (χ4n) is 8.61. The summed E-state index contributed by atoms with van der Waals surface area (Å²) in [5.41, 5.74) is 0.680. The maximum absolute atomic E-state index is 12.3. The number of Topliss-reactive ketones (excluding diaryl/α,β-unsaturated/α-hetero) is 1. The molecule has 4 heteroatoms. The van der Waals surface area contributed by atoms with Crippen molar-refractivity contribution in [2.75, 3.05) is 0 Å². The maximum atomic E-state index is 12.3. The summed E-state index contributed by atoms with van der Waals surface area (Å²) in [5.74, 6) is 3.49. The van der Waals surface area contributed by atoms with Crippen molar-refractivity contribution in [3.8, 4) is 0 Å². The fourth-order valence-corrected chi connectivity index (χ4v) is 9.71. The molecule has 0 amide bonds. The first-order chi connectivity index (χ1) is 13.2. The fraction of sp³-hybridized carbons (Fsp3) is 0.917. The van der Waals surface area contributed by atoms with Crippen LogP contribution in [-0.4, -0.2) is 16.6 Å². The number of halogens is 1. The molecule has 0 N–H and O–H groups in total. The third kappa shape index (κ3) is 3.11. The van der Waals surface area contributed by atoms with Gasteiger partial charge in [0.1, 0.15) is 5.78 Å². The summed E-state index contributed by atoms with van der Waals surface area (Å²) in [6, 6.07) is 0. The van der Waals surface area contributed by atoms with Gasteiger partial charge in [0.15, 0.2) is 0 Å². The molecule has 0 spiro atoms.